The first-order chi connectivity index (χ1) is 13.5. The molecule has 1 unspecified atom stereocenters. The van der Waals surface area contributed by atoms with Crippen LogP contribution in [0.4, 0.5) is 10.5 Å². The van der Waals surface area contributed by atoms with Crippen LogP contribution in [0, 0.1) is 0 Å². The molecule has 0 aliphatic carbocycles. The van der Waals surface area contributed by atoms with Crippen molar-refractivity contribution in [2.75, 3.05) is 26.0 Å². The van der Waals surface area contributed by atoms with Crippen molar-refractivity contribution in [3.8, 4) is 0 Å². The molecule has 0 spiro atoms. The fourth-order valence-electron chi connectivity index (χ4n) is 3.34. The van der Waals surface area contributed by atoms with Crippen molar-refractivity contribution in [1.29, 1.82) is 0 Å². The van der Waals surface area contributed by atoms with Gasteiger partial charge in [-0.05, 0) is 42.8 Å². The van der Waals surface area contributed by atoms with E-state index in [1.54, 1.807) is 52.3 Å². The molecule has 0 bridgehead atoms. The predicted octanol–water partition coefficient (Wildman–Crippen LogP) is 4.10. The van der Waals surface area contributed by atoms with Crippen molar-refractivity contribution in [3.05, 3.63) is 63.6 Å². The van der Waals surface area contributed by atoms with Gasteiger partial charge < -0.3 is 9.80 Å². The molecule has 1 heterocycles. The summed E-state index contributed by atoms with van der Waals surface area (Å²) in [7, 11) is 4.97. The molecular weight excluding hydrogens is 413 g/mol. The standard InChI is InChI=1S/C21H21Cl2N3O3/c1-21(12-13-5-7-14(8-6-13)18(27)24(2)3)19(28)26(20(29)25(21)4)17-10-15(22)9-16(23)11-17/h5-11H,12H2,1-4H3. The highest BCUT2D eigenvalue weighted by Gasteiger charge is 2.53. The van der Waals surface area contributed by atoms with E-state index in [-0.39, 0.29) is 11.8 Å². The van der Waals surface area contributed by atoms with Crippen molar-refractivity contribution < 1.29 is 14.4 Å². The highest BCUT2D eigenvalue weighted by molar-refractivity contribution is 6.35. The molecule has 29 heavy (non-hydrogen) atoms. The van der Waals surface area contributed by atoms with Gasteiger partial charge in [0.05, 0.1) is 5.69 Å². The number of nitrogens with zero attached hydrogens (tertiary/aromatic N) is 3. The number of hydrogen-bond acceptors (Lipinski definition) is 3. The molecule has 1 aliphatic heterocycles. The van der Waals surface area contributed by atoms with Crippen molar-refractivity contribution in [2.24, 2.45) is 0 Å². The Balaban J connectivity index is 1.90. The van der Waals surface area contributed by atoms with Gasteiger partial charge in [-0.1, -0.05) is 35.3 Å². The second-order valence-corrected chi connectivity index (χ2v) is 8.33. The first-order valence-electron chi connectivity index (χ1n) is 8.93. The number of halogens is 2. The van der Waals surface area contributed by atoms with E-state index in [0.717, 1.165) is 10.5 Å². The zero-order chi connectivity index (χ0) is 21.5. The SMILES string of the molecule is CN(C)C(=O)c1ccc(CC2(C)C(=O)N(c3cc(Cl)cc(Cl)c3)C(=O)N2C)cc1. The molecule has 1 fully saturated rings. The molecule has 6 nitrogen and oxygen atoms in total. The fraction of sp³-hybridized carbons (Fsp3) is 0.286. The highest BCUT2D eigenvalue weighted by Crippen LogP contribution is 2.35. The summed E-state index contributed by atoms with van der Waals surface area (Å²) in [6.45, 7) is 1.72. The van der Waals surface area contributed by atoms with Crippen LogP contribution in [0.2, 0.25) is 10.0 Å². The van der Waals surface area contributed by atoms with Gasteiger partial charge >= 0.3 is 6.03 Å². The number of amides is 4. The molecule has 0 saturated carbocycles. The maximum Gasteiger partial charge on any atom is 0.332 e. The lowest BCUT2D eigenvalue weighted by Crippen LogP contribution is -2.47. The van der Waals surface area contributed by atoms with E-state index >= 15 is 0 Å². The van der Waals surface area contributed by atoms with Crippen molar-refractivity contribution in [2.45, 2.75) is 18.9 Å². The first kappa shape index (κ1) is 21.1. The summed E-state index contributed by atoms with van der Waals surface area (Å²) >= 11 is 12.1. The normalized spacial score (nSPS) is 19.1. The Kier molecular flexibility index (Phi) is 5.61. The van der Waals surface area contributed by atoms with Crippen LogP contribution in [-0.4, -0.2) is 54.3 Å². The molecule has 1 atom stereocenters. The molecular formula is C21H21Cl2N3O3. The zero-order valence-corrected chi connectivity index (χ0v) is 18.1. The molecule has 8 heteroatoms. The second kappa shape index (κ2) is 7.69. The van der Waals surface area contributed by atoms with Gasteiger partial charge in [-0.3, -0.25) is 9.59 Å². The van der Waals surface area contributed by atoms with E-state index in [4.69, 9.17) is 23.2 Å². The first-order valence-corrected chi connectivity index (χ1v) is 9.69. The van der Waals surface area contributed by atoms with Crippen molar-refractivity contribution in [3.63, 3.8) is 0 Å². The minimum Gasteiger partial charge on any atom is -0.345 e. The topological polar surface area (TPSA) is 60.9 Å². The summed E-state index contributed by atoms with van der Waals surface area (Å²) in [5.74, 6) is -0.465. The van der Waals surface area contributed by atoms with E-state index in [2.05, 4.69) is 0 Å². The van der Waals surface area contributed by atoms with E-state index in [1.165, 1.54) is 28.0 Å². The number of carbonyl (C=O) groups is 3. The van der Waals surface area contributed by atoms with E-state index < -0.39 is 11.6 Å². The predicted molar refractivity (Wildman–Crippen MR) is 114 cm³/mol. The highest BCUT2D eigenvalue weighted by atomic mass is 35.5. The summed E-state index contributed by atoms with van der Waals surface area (Å²) in [6, 6.07) is 11.2. The van der Waals surface area contributed by atoms with Crippen LogP contribution in [-0.2, 0) is 11.2 Å². The third-order valence-corrected chi connectivity index (χ3v) is 5.58. The summed E-state index contributed by atoms with van der Waals surface area (Å²) < 4.78 is 0. The second-order valence-electron chi connectivity index (χ2n) is 7.46. The number of anilines is 1. The van der Waals surface area contributed by atoms with Gasteiger partial charge in [0.1, 0.15) is 5.54 Å². The molecule has 152 valence electrons. The largest absolute Gasteiger partial charge is 0.345 e. The summed E-state index contributed by atoms with van der Waals surface area (Å²) in [4.78, 5) is 42.2. The smallest absolute Gasteiger partial charge is 0.332 e. The molecule has 4 amide bonds. The molecule has 2 aromatic carbocycles. The summed E-state index contributed by atoms with van der Waals surface area (Å²) in [5, 5.41) is 0.677. The van der Waals surface area contributed by atoms with E-state index in [9.17, 15) is 14.4 Å². The quantitative estimate of drug-likeness (QED) is 0.681. The van der Waals surface area contributed by atoms with Crippen LogP contribution >= 0.6 is 23.2 Å². The average Bonchev–Trinajstić information content (AvgIpc) is 2.81. The van der Waals surface area contributed by atoms with Gasteiger partial charge in [0.2, 0.25) is 0 Å². The van der Waals surface area contributed by atoms with Crippen molar-refractivity contribution in [1.82, 2.24) is 9.80 Å². The summed E-state index contributed by atoms with van der Waals surface area (Å²) in [6.07, 6.45) is 0.301. The third kappa shape index (κ3) is 3.82. The Hall–Kier alpha value is -2.57. The Bertz CT molecular complexity index is 971. The number of urea groups is 1. The van der Waals surface area contributed by atoms with Crippen LogP contribution in [0.3, 0.4) is 0 Å². The third-order valence-electron chi connectivity index (χ3n) is 5.14. The van der Waals surface area contributed by atoms with Gasteiger partial charge in [0, 0.05) is 43.2 Å². The molecule has 1 saturated heterocycles. The Morgan fingerprint density at radius 2 is 1.59 bits per heavy atom. The number of likely N-dealkylation sites (N-methyl/N-ethyl adjacent to an activating group) is 1. The number of benzene rings is 2. The fourth-order valence-corrected chi connectivity index (χ4v) is 3.86. The molecule has 0 radical (unpaired) electrons. The number of imide groups is 1. The van der Waals surface area contributed by atoms with Gasteiger partial charge in [-0.25, -0.2) is 9.69 Å². The number of carbonyl (C=O) groups excluding carboxylic acids is 3. The lowest BCUT2D eigenvalue weighted by atomic mass is 9.91. The lowest BCUT2D eigenvalue weighted by Gasteiger charge is -2.28. The molecule has 2 aromatic rings. The lowest BCUT2D eigenvalue weighted by molar-refractivity contribution is -0.123. The Labute approximate surface area is 179 Å². The summed E-state index contributed by atoms with van der Waals surface area (Å²) in [5.41, 5.74) is 0.641. The molecule has 3 rings (SSSR count). The van der Waals surface area contributed by atoms with Crippen LogP contribution < -0.4 is 4.90 Å². The molecule has 1 aliphatic rings. The van der Waals surface area contributed by atoms with Crippen LogP contribution in [0.25, 0.3) is 0 Å². The number of rotatable bonds is 4. The van der Waals surface area contributed by atoms with Crippen LogP contribution in [0.15, 0.2) is 42.5 Å². The van der Waals surface area contributed by atoms with E-state index in [1.807, 2.05) is 0 Å². The minimum absolute atomic E-state index is 0.101. The molecule has 0 N–H and O–H groups in total. The van der Waals surface area contributed by atoms with E-state index in [0.29, 0.717) is 27.7 Å². The average molecular weight is 434 g/mol. The van der Waals surface area contributed by atoms with Gasteiger partial charge in [0.15, 0.2) is 0 Å². The maximum absolute atomic E-state index is 13.3. The minimum atomic E-state index is -1.08. The Morgan fingerprint density at radius 1 is 1.03 bits per heavy atom. The Morgan fingerprint density at radius 3 is 2.10 bits per heavy atom. The van der Waals surface area contributed by atoms with Gasteiger partial charge in [0.25, 0.3) is 11.8 Å². The zero-order valence-electron chi connectivity index (χ0n) is 16.6. The molecule has 0 aromatic heterocycles. The monoisotopic (exact) mass is 433 g/mol. The van der Waals surface area contributed by atoms with Gasteiger partial charge in [-0.2, -0.15) is 0 Å². The van der Waals surface area contributed by atoms with Crippen molar-refractivity contribution >= 4 is 46.7 Å². The number of hydrogen-bond donors (Lipinski definition) is 0. The van der Waals surface area contributed by atoms with Crippen LogP contribution in [0.5, 0.6) is 0 Å². The van der Waals surface area contributed by atoms with Crippen LogP contribution in [0.1, 0.15) is 22.8 Å². The van der Waals surface area contributed by atoms with Gasteiger partial charge in [-0.15, -0.1) is 0 Å². The maximum atomic E-state index is 13.3.